The Bertz CT molecular complexity index is 579. The lowest BCUT2D eigenvalue weighted by Gasteiger charge is -2.12. The van der Waals surface area contributed by atoms with Gasteiger partial charge in [-0.1, -0.05) is 24.6 Å². The van der Waals surface area contributed by atoms with Gasteiger partial charge in [-0.2, -0.15) is 0 Å². The molecule has 0 heterocycles. The zero-order valence-corrected chi connectivity index (χ0v) is 12.0. The minimum Gasteiger partial charge on any atom is -0.313 e. The van der Waals surface area contributed by atoms with Crippen LogP contribution in [-0.4, -0.2) is 6.54 Å². The topological polar surface area (TPSA) is 12.0 Å². The van der Waals surface area contributed by atoms with Crippen molar-refractivity contribution >= 4 is 11.6 Å². The third-order valence-corrected chi connectivity index (χ3v) is 3.22. The van der Waals surface area contributed by atoms with E-state index in [-0.39, 0.29) is 0 Å². The Balaban J connectivity index is 2.40. The van der Waals surface area contributed by atoms with Gasteiger partial charge in [0.05, 0.1) is 0 Å². The van der Waals surface area contributed by atoms with Crippen molar-refractivity contribution in [3.05, 3.63) is 58.6 Å². The van der Waals surface area contributed by atoms with Crippen molar-refractivity contribution in [1.29, 1.82) is 0 Å². The Kier molecular flexibility index (Phi) is 5.10. The van der Waals surface area contributed by atoms with Gasteiger partial charge in [-0.3, -0.25) is 0 Å². The van der Waals surface area contributed by atoms with Gasteiger partial charge in [-0.25, -0.2) is 8.78 Å². The van der Waals surface area contributed by atoms with Crippen LogP contribution >= 0.6 is 11.6 Å². The predicted molar refractivity (Wildman–Crippen MR) is 78.8 cm³/mol. The van der Waals surface area contributed by atoms with Crippen molar-refractivity contribution in [2.45, 2.75) is 19.9 Å². The Morgan fingerprint density at radius 3 is 2.40 bits per heavy atom. The first-order valence-electron chi connectivity index (χ1n) is 6.55. The first kappa shape index (κ1) is 14.9. The Labute approximate surface area is 122 Å². The monoisotopic (exact) mass is 295 g/mol. The SMILES string of the molecule is CCCNCc1ccc(Cl)cc1-c1cc(F)cc(F)c1. The maximum absolute atomic E-state index is 13.4. The van der Waals surface area contributed by atoms with E-state index in [0.717, 1.165) is 30.2 Å². The molecule has 0 aliphatic rings. The first-order chi connectivity index (χ1) is 9.60. The van der Waals surface area contributed by atoms with Gasteiger partial charge < -0.3 is 5.32 Å². The summed E-state index contributed by atoms with van der Waals surface area (Å²) in [4.78, 5) is 0. The average Bonchev–Trinajstić information content (AvgIpc) is 2.39. The van der Waals surface area contributed by atoms with Crippen LogP contribution in [0.25, 0.3) is 11.1 Å². The highest BCUT2D eigenvalue weighted by Gasteiger charge is 2.09. The molecule has 0 unspecified atom stereocenters. The first-order valence-corrected chi connectivity index (χ1v) is 6.93. The molecule has 106 valence electrons. The van der Waals surface area contributed by atoms with Gasteiger partial charge >= 0.3 is 0 Å². The number of rotatable bonds is 5. The molecule has 0 aromatic heterocycles. The highest BCUT2D eigenvalue weighted by Crippen LogP contribution is 2.28. The minimum atomic E-state index is -0.590. The number of hydrogen-bond acceptors (Lipinski definition) is 1. The van der Waals surface area contributed by atoms with E-state index in [1.54, 1.807) is 12.1 Å². The molecule has 0 saturated heterocycles. The van der Waals surface area contributed by atoms with Crippen LogP contribution in [-0.2, 0) is 6.54 Å². The minimum absolute atomic E-state index is 0.498. The smallest absolute Gasteiger partial charge is 0.126 e. The van der Waals surface area contributed by atoms with Crippen LogP contribution in [0.15, 0.2) is 36.4 Å². The maximum Gasteiger partial charge on any atom is 0.126 e. The molecule has 0 bridgehead atoms. The van der Waals surface area contributed by atoms with Crippen LogP contribution in [0.3, 0.4) is 0 Å². The molecule has 20 heavy (non-hydrogen) atoms. The molecule has 1 nitrogen and oxygen atoms in total. The van der Waals surface area contributed by atoms with E-state index in [4.69, 9.17) is 11.6 Å². The summed E-state index contributed by atoms with van der Waals surface area (Å²) in [6.07, 6.45) is 1.03. The van der Waals surface area contributed by atoms with Crippen molar-refractivity contribution in [3.63, 3.8) is 0 Å². The summed E-state index contributed by atoms with van der Waals surface area (Å²) in [5.74, 6) is -1.18. The molecule has 2 aromatic rings. The fraction of sp³-hybridized carbons (Fsp3) is 0.250. The van der Waals surface area contributed by atoms with Crippen LogP contribution < -0.4 is 5.32 Å². The summed E-state index contributed by atoms with van der Waals surface area (Å²) in [6, 6.07) is 8.89. The lowest BCUT2D eigenvalue weighted by atomic mass is 9.99. The van der Waals surface area contributed by atoms with Crippen LogP contribution in [0.5, 0.6) is 0 Å². The largest absolute Gasteiger partial charge is 0.313 e. The molecule has 0 saturated carbocycles. The van der Waals surface area contributed by atoms with Crippen LogP contribution in [0, 0.1) is 11.6 Å². The summed E-state index contributed by atoms with van der Waals surface area (Å²) >= 11 is 6.00. The maximum atomic E-state index is 13.4. The second-order valence-electron chi connectivity index (χ2n) is 4.64. The standard InChI is InChI=1S/C16H16ClF2N/c1-2-5-20-10-11-3-4-13(17)8-16(11)12-6-14(18)9-15(19)7-12/h3-4,6-9,20H,2,5,10H2,1H3. The normalized spacial score (nSPS) is 10.8. The number of benzene rings is 2. The van der Waals surface area contributed by atoms with Crippen molar-refractivity contribution in [1.82, 2.24) is 5.32 Å². The van der Waals surface area contributed by atoms with Crippen LogP contribution in [0.4, 0.5) is 8.78 Å². The number of nitrogens with one attached hydrogen (secondary N) is 1. The van der Waals surface area contributed by atoms with Crippen LogP contribution in [0.2, 0.25) is 5.02 Å². The van der Waals surface area contributed by atoms with Crippen LogP contribution in [0.1, 0.15) is 18.9 Å². The zero-order valence-electron chi connectivity index (χ0n) is 11.2. The highest BCUT2D eigenvalue weighted by molar-refractivity contribution is 6.30. The van der Waals surface area contributed by atoms with E-state index >= 15 is 0 Å². The molecule has 1 N–H and O–H groups in total. The summed E-state index contributed by atoms with van der Waals surface area (Å²) in [5.41, 5.74) is 2.21. The van der Waals surface area contributed by atoms with Crippen molar-refractivity contribution in [2.24, 2.45) is 0 Å². The second kappa shape index (κ2) is 6.82. The lowest BCUT2D eigenvalue weighted by molar-refractivity contribution is 0.584. The molecule has 0 fully saturated rings. The Morgan fingerprint density at radius 2 is 1.75 bits per heavy atom. The molecule has 2 aromatic carbocycles. The molecule has 2 rings (SSSR count). The predicted octanol–water partition coefficient (Wildman–Crippen LogP) is 4.78. The van der Waals surface area contributed by atoms with Crippen molar-refractivity contribution < 1.29 is 8.78 Å². The van der Waals surface area contributed by atoms with Crippen molar-refractivity contribution in [2.75, 3.05) is 6.54 Å². The van der Waals surface area contributed by atoms with Gasteiger partial charge in [0.25, 0.3) is 0 Å². The van der Waals surface area contributed by atoms with Gasteiger partial charge in [0.1, 0.15) is 11.6 Å². The number of hydrogen-bond donors (Lipinski definition) is 1. The molecular weight excluding hydrogens is 280 g/mol. The number of halogens is 3. The van der Waals surface area contributed by atoms with E-state index in [1.165, 1.54) is 12.1 Å². The van der Waals surface area contributed by atoms with Gasteiger partial charge in [0, 0.05) is 17.6 Å². The summed E-state index contributed by atoms with van der Waals surface area (Å²) in [5, 5.41) is 3.82. The third-order valence-electron chi connectivity index (χ3n) is 2.99. The van der Waals surface area contributed by atoms with Gasteiger partial charge in [-0.05, 0) is 53.9 Å². The molecule has 4 heteroatoms. The summed E-state index contributed by atoms with van der Waals surface area (Å²) < 4.78 is 26.7. The fourth-order valence-corrected chi connectivity index (χ4v) is 2.25. The molecule has 0 spiro atoms. The second-order valence-corrected chi connectivity index (χ2v) is 5.07. The summed E-state index contributed by atoms with van der Waals surface area (Å²) in [7, 11) is 0. The van der Waals surface area contributed by atoms with Gasteiger partial charge in [0.2, 0.25) is 0 Å². The fourth-order valence-electron chi connectivity index (χ4n) is 2.08. The molecule has 0 radical (unpaired) electrons. The quantitative estimate of drug-likeness (QED) is 0.782. The molecule has 0 aliphatic carbocycles. The Morgan fingerprint density at radius 1 is 1.05 bits per heavy atom. The van der Waals surface area contributed by atoms with Crippen molar-refractivity contribution in [3.8, 4) is 11.1 Å². The molecule has 0 atom stereocenters. The third kappa shape index (κ3) is 3.78. The van der Waals surface area contributed by atoms with E-state index in [2.05, 4.69) is 12.2 Å². The van der Waals surface area contributed by atoms with Gasteiger partial charge in [0.15, 0.2) is 0 Å². The molecule has 0 amide bonds. The zero-order chi connectivity index (χ0) is 14.5. The van der Waals surface area contributed by atoms with E-state index < -0.39 is 11.6 Å². The van der Waals surface area contributed by atoms with E-state index in [9.17, 15) is 8.78 Å². The van der Waals surface area contributed by atoms with E-state index in [0.29, 0.717) is 17.1 Å². The molecular formula is C16H16ClF2N. The summed E-state index contributed by atoms with van der Waals surface area (Å²) in [6.45, 7) is 3.61. The Hall–Kier alpha value is -1.45. The average molecular weight is 296 g/mol. The van der Waals surface area contributed by atoms with E-state index in [1.807, 2.05) is 6.07 Å². The molecule has 0 aliphatic heterocycles. The highest BCUT2D eigenvalue weighted by atomic mass is 35.5. The lowest BCUT2D eigenvalue weighted by Crippen LogP contribution is -2.14. The van der Waals surface area contributed by atoms with Gasteiger partial charge in [-0.15, -0.1) is 0 Å².